The first-order chi connectivity index (χ1) is 12.9. The molecule has 1 saturated heterocycles. The van der Waals surface area contributed by atoms with Gasteiger partial charge >= 0.3 is 0 Å². The summed E-state index contributed by atoms with van der Waals surface area (Å²) in [4.78, 5) is 12.8. The molecule has 1 heterocycles. The van der Waals surface area contributed by atoms with Gasteiger partial charge in [-0.15, -0.1) is 0 Å². The van der Waals surface area contributed by atoms with Crippen LogP contribution in [0.15, 0.2) is 47.4 Å². The van der Waals surface area contributed by atoms with Crippen LogP contribution in [0.3, 0.4) is 0 Å². The van der Waals surface area contributed by atoms with Crippen molar-refractivity contribution in [1.82, 2.24) is 4.31 Å². The van der Waals surface area contributed by atoms with Gasteiger partial charge in [0.25, 0.3) is 5.91 Å². The number of rotatable bonds is 5. The number of hydrogen-bond donors (Lipinski definition) is 2. The van der Waals surface area contributed by atoms with Gasteiger partial charge in [0, 0.05) is 24.3 Å². The molecule has 1 aliphatic heterocycles. The molecule has 2 aromatic rings. The van der Waals surface area contributed by atoms with E-state index in [1.807, 2.05) is 0 Å². The number of carbonyl (C=O) groups is 1. The number of anilines is 1. The largest absolute Gasteiger partial charge is 0.392 e. The van der Waals surface area contributed by atoms with E-state index in [0.717, 1.165) is 19.3 Å². The predicted octanol–water partition coefficient (Wildman–Crippen LogP) is 2.91. The minimum atomic E-state index is -3.61. The highest BCUT2D eigenvalue weighted by Gasteiger charge is 2.28. The molecular weight excluding hydrogens is 364 g/mol. The van der Waals surface area contributed by atoms with Crippen molar-refractivity contribution in [2.24, 2.45) is 0 Å². The third kappa shape index (κ3) is 4.37. The van der Waals surface area contributed by atoms with E-state index >= 15 is 0 Å². The van der Waals surface area contributed by atoms with Crippen LogP contribution in [0.1, 0.15) is 40.7 Å². The topological polar surface area (TPSA) is 86.7 Å². The zero-order valence-electron chi connectivity index (χ0n) is 15.3. The fraction of sp³-hybridized carbons (Fsp3) is 0.350. The number of nitrogens with one attached hydrogen (secondary N) is 1. The minimum absolute atomic E-state index is 0.119. The van der Waals surface area contributed by atoms with Gasteiger partial charge in [0.15, 0.2) is 0 Å². The van der Waals surface area contributed by atoms with E-state index in [1.165, 1.54) is 10.4 Å². The molecule has 7 heteroatoms. The van der Waals surface area contributed by atoms with Crippen LogP contribution in [-0.4, -0.2) is 36.8 Å². The van der Waals surface area contributed by atoms with Crippen LogP contribution in [0.4, 0.5) is 5.69 Å². The molecule has 6 nitrogen and oxygen atoms in total. The second kappa shape index (κ2) is 8.21. The molecule has 0 atom stereocenters. The zero-order valence-corrected chi connectivity index (χ0v) is 16.1. The van der Waals surface area contributed by atoms with Crippen LogP contribution in [-0.2, 0) is 16.6 Å². The summed E-state index contributed by atoms with van der Waals surface area (Å²) in [5, 5.41) is 12.0. The van der Waals surface area contributed by atoms with Gasteiger partial charge < -0.3 is 10.4 Å². The van der Waals surface area contributed by atoms with Crippen molar-refractivity contribution >= 4 is 21.6 Å². The fourth-order valence-corrected chi connectivity index (χ4v) is 4.98. The van der Waals surface area contributed by atoms with Gasteiger partial charge in [-0.1, -0.05) is 24.6 Å². The number of aliphatic hydroxyl groups is 1. The summed E-state index contributed by atoms with van der Waals surface area (Å²) >= 11 is 0. The van der Waals surface area contributed by atoms with Crippen molar-refractivity contribution in [3.63, 3.8) is 0 Å². The van der Waals surface area contributed by atoms with Gasteiger partial charge in [-0.3, -0.25) is 4.79 Å². The third-order valence-electron chi connectivity index (χ3n) is 4.75. The van der Waals surface area contributed by atoms with Crippen molar-refractivity contribution in [2.75, 3.05) is 18.4 Å². The van der Waals surface area contributed by atoms with Gasteiger partial charge in [0.1, 0.15) is 0 Å². The van der Waals surface area contributed by atoms with Crippen LogP contribution in [0.25, 0.3) is 0 Å². The first-order valence-electron chi connectivity index (χ1n) is 9.04. The normalized spacial score (nSPS) is 15.5. The van der Waals surface area contributed by atoms with Crippen molar-refractivity contribution < 1.29 is 18.3 Å². The van der Waals surface area contributed by atoms with Crippen molar-refractivity contribution in [3.8, 4) is 0 Å². The van der Waals surface area contributed by atoms with Gasteiger partial charge in [-0.2, -0.15) is 4.31 Å². The molecule has 0 aliphatic carbocycles. The van der Waals surface area contributed by atoms with Crippen LogP contribution < -0.4 is 5.32 Å². The lowest BCUT2D eigenvalue weighted by molar-refractivity contribution is 0.102. The number of nitrogens with zero attached hydrogens (tertiary/aromatic N) is 1. The highest BCUT2D eigenvalue weighted by molar-refractivity contribution is 7.89. The second-order valence-corrected chi connectivity index (χ2v) is 8.66. The predicted molar refractivity (Wildman–Crippen MR) is 104 cm³/mol. The minimum Gasteiger partial charge on any atom is -0.392 e. The lowest BCUT2D eigenvalue weighted by Crippen LogP contribution is -2.36. The zero-order chi connectivity index (χ0) is 19.4. The molecule has 2 aromatic carbocycles. The summed E-state index contributed by atoms with van der Waals surface area (Å²) in [7, 11) is -3.61. The first kappa shape index (κ1) is 19.5. The highest BCUT2D eigenvalue weighted by atomic mass is 32.2. The average molecular weight is 388 g/mol. The Morgan fingerprint density at radius 3 is 2.56 bits per heavy atom. The Bertz CT molecular complexity index is 935. The van der Waals surface area contributed by atoms with Gasteiger partial charge in [-0.05, 0) is 55.2 Å². The Balaban J connectivity index is 1.87. The molecule has 27 heavy (non-hydrogen) atoms. The van der Waals surface area contributed by atoms with E-state index in [0.29, 0.717) is 29.9 Å². The van der Waals surface area contributed by atoms with Crippen LogP contribution in [0.2, 0.25) is 0 Å². The highest BCUT2D eigenvalue weighted by Crippen LogP contribution is 2.25. The van der Waals surface area contributed by atoms with Gasteiger partial charge in [-0.25, -0.2) is 8.42 Å². The summed E-state index contributed by atoms with van der Waals surface area (Å²) in [6.45, 7) is 2.66. The molecule has 144 valence electrons. The number of benzene rings is 2. The summed E-state index contributed by atoms with van der Waals surface area (Å²) in [5.74, 6) is -0.389. The number of aryl methyl sites for hydroxylation is 1. The number of aliphatic hydroxyl groups excluding tert-OH is 1. The number of amides is 1. The second-order valence-electron chi connectivity index (χ2n) is 6.76. The van der Waals surface area contributed by atoms with Crippen molar-refractivity contribution in [2.45, 2.75) is 37.7 Å². The van der Waals surface area contributed by atoms with E-state index in [2.05, 4.69) is 5.32 Å². The number of piperidine rings is 1. The van der Waals surface area contributed by atoms with Crippen molar-refractivity contribution in [3.05, 3.63) is 59.2 Å². The van der Waals surface area contributed by atoms with Crippen LogP contribution in [0.5, 0.6) is 0 Å². The van der Waals surface area contributed by atoms with E-state index < -0.39 is 10.0 Å². The molecule has 0 aromatic heterocycles. The van der Waals surface area contributed by atoms with E-state index in [-0.39, 0.29) is 23.0 Å². The molecule has 1 fully saturated rings. The molecule has 0 saturated carbocycles. The number of carbonyl (C=O) groups excluding carboxylic acids is 1. The molecule has 0 unspecified atom stereocenters. The lowest BCUT2D eigenvalue weighted by atomic mass is 10.1. The fourth-order valence-electron chi connectivity index (χ4n) is 3.21. The summed E-state index contributed by atoms with van der Waals surface area (Å²) in [6, 6.07) is 11.6. The van der Waals surface area contributed by atoms with E-state index in [1.54, 1.807) is 43.3 Å². The molecule has 3 rings (SSSR count). The Kier molecular flexibility index (Phi) is 5.94. The first-order valence-corrected chi connectivity index (χ1v) is 10.5. The molecular formula is C20H24N2O4S. The lowest BCUT2D eigenvalue weighted by Gasteiger charge is -2.26. The van der Waals surface area contributed by atoms with E-state index in [4.69, 9.17) is 0 Å². The van der Waals surface area contributed by atoms with Crippen molar-refractivity contribution in [1.29, 1.82) is 0 Å². The maximum Gasteiger partial charge on any atom is 0.255 e. The maximum absolute atomic E-state index is 13.0. The Labute approximate surface area is 159 Å². The van der Waals surface area contributed by atoms with Crippen LogP contribution >= 0.6 is 0 Å². The smallest absolute Gasteiger partial charge is 0.255 e. The van der Waals surface area contributed by atoms with Gasteiger partial charge in [0.05, 0.1) is 11.5 Å². The molecule has 1 aliphatic rings. The summed E-state index contributed by atoms with van der Waals surface area (Å²) in [6.07, 6.45) is 2.76. The third-order valence-corrected chi connectivity index (χ3v) is 6.79. The molecule has 1 amide bonds. The monoisotopic (exact) mass is 388 g/mol. The van der Waals surface area contributed by atoms with E-state index in [9.17, 15) is 18.3 Å². The Morgan fingerprint density at radius 2 is 1.85 bits per heavy atom. The van der Waals surface area contributed by atoms with Gasteiger partial charge in [0.2, 0.25) is 10.0 Å². The quantitative estimate of drug-likeness (QED) is 0.825. The van der Waals surface area contributed by atoms with Crippen LogP contribution in [0, 0.1) is 6.92 Å². The maximum atomic E-state index is 13.0. The molecule has 2 N–H and O–H groups in total. The standard InChI is InChI=1S/C20H24N2O4S/c1-15-8-9-17(20(24)21-18-7-5-6-16(12-18)14-23)13-19(15)27(25,26)22-10-3-2-4-11-22/h5-9,12-13,23H,2-4,10-11,14H2,1H3,(H,21,24). The summed E-state index contributed by atoms with van der Waals surface area (Å²) < 4.78 is 27.5. The Morgan fingerprint density at radius 1 is 1.11 bits per heavy atom. The number of sulfonamides is 1. The molecule has 0 bridgehead atoms. The summed E-state index contributed by atoms with van der Waals surface area (Å²) in [5.41, 5.74) is 2.14. The Hall–Kier alpha value is -2.22. The SMILES string of the molecule is Cc1ccc(C(=O)Nc2cccc(CO)c2)cc1S(=O)(=O)N1CCCCC1. The molecule has 0 radical (unpaired) electrons. The average Bonchev–Trinajstić information content (AvgIpc) is 2.69. The molecule has 0 spiro atoms. The number of hydrogen-bond acceptors (Lipinski definition) is 4.